The molecule has 0 bridgehead atoms. The SMILES string of the molecule is Cc1c(-c2csc(NCc3ccccc3)n2)sc2[nH]c(=O)n(-c3ccccc3)c(=O)c12. The van der Waals surface area contributed by atoms with Crippen LogP contribution in [0.3, 0.4) is 0 Å². The number of H-pyrrole nitrogens is 1. The number of thiophene rings is 1. The van der Waals surface area contributed by atoms with Crippen molar-refractivity contribution in [1.29, 1.82) is 0 Å². The molecule has 2 N–H and O–H groups in total. The number of anilines is 1. The van der Waals surface area contributed by atoms with Crippen LogP contribution in [0.25, 0.3) is 26.5 Å². The van der Waals surface area contributed by atoms with Crippen molar-refractivity contribution in [3.63, 3.8) is 0 Å². The molecule has 0 atom stereocenters. The Hall–Kier alpha value is -3.49. The number of fused-ring (bicyclic) bond motifs is 1. The minimum absolute atomic E-state index is 0.317. The molecule has 2 aromatic carbocycles. The Kier molecular flexibility index (Phi) is 5.01. The molecule has 5 rings (SSSR count). The zero-order chi connectivity index (χ0) is 21.4. The first kappa shape index (κ1) is 19.5. The van der Waals surface area contributed by atoms with Crippen LogP contribution in [0.15, 0.2) is 75.6 Å². The van der Waals surface area contributed by atoms with E-state index in [1.807, 2.05) is 36.6 Å². The summed E-state index contributed by atoms with van der Waals surface area (Å²) in [5, 5.41) is 6.65. The van der Waals surface area contributed by atoms with Gasteiger partial charge in [-0.15, -0.1) is 22.7 Å². The second-order valence-electron chi connectivity index (χ2n) is 7.04. The van der Waals surface area contributed by atoms with Crippen LogP contribution < -0.4 is 16.6 Å². The summed E-state index contributed by atoms with van der Waals surface area (Å²) in [5.74, 6) is 0. The van der Waals surface area contributed by atoms with Gasteiger partial charge in [-0.25, -0.2) is 14.3 Å². The number of hydrogen-bond donors (Lipinski definition) is 2. The van der Waals surface area contributed by atoms with Crippen LogP contribution in [-0.4, -0.2) is 14.5 Å². The van der Waals surface area contributed by atoms with Crippen molar-refractivity contribution in [3.8, 4) is 16.3 Å². The second kappa shape index (κ2) is 7.98. The molecule has 0 unspecified atom stereocenters. The molecule has 0 spiro atoms. The molecule has 3 aromatic heterocycles. The van der Waals surface area contributed by atoms with Gasteiger partial charge in [0.25, 0.3) is 5.56 Å². The standard InChI is InChI=1S/C23H18N4O2S2/c1-14-18-20(26-23(29)27(21(18)28)16-10-6-3-7-11-16)31-19(14)17-13-30-22(25-17)24-12-15-8-4-2-5-9-15/h2-11,13H,12H2,1H3,(H,24,25)(H,26,29). The van der Waals surface area contributed by atoms with E-state index in [0.717, 1.165) is 21.3 Å². The molecule has 5 aromatic rings. The summed E-state index contributed by atoms with van der Waals surface area (Å²) < 4.78 is 1.18. The summed E-state index contributed by atoms with van der Waals surface area (Å²) in [7, 11) is 0. The number of para-hydroxylation sites is 1. The summed E-state index contributed by atoms with van der Waals surface area (Å²) in [6.07, 6.45) is 0. The van der Waals surface area contributed by atoms with Gasteiger partial charge in [0.15, 0.2) is 5.13 Å². The molecule has 0 aliphatic carbocycles. The molecule has 0 fully saturated rings. The van der Waals surface area contributed by atoms with Gasteiger partial charge in [0.05, 0.1) is 21.6 Å². The normalized spacial score (nSPS) is 11.1. The highest BCUT2D eigenvalue weighted by Gasteiger charge is 2.19. The summed E-state index contributed by atoms with van der Waals surface area (Å²) in [6, 6.07) is 19.1. The summed E-state index contributed by atoms with van der Waals surface area (Å²) >= 11 is 2.90. The summed E-state index contributed by atoms with van der Waals surface area (Å²) in [4.78, 5) is 34.9. The number of nitrogens with one attached hydrogen (secondary N) is 2. The predicted octanol–water partition coefficient (Wildman–Crippen LogP) is 4.78. The van der Waals surface area contributed by atoms with E-state index in [-0.39, 0.29) is 5.56 Å². The molecule has 8 heteroatoms. The fraction of sp³-hybridized carbons (Fsp3) is 0.0870. The molecule has 6 nitrogen and oxygen atoms in total. The van der Waals surface area contributed by atoms with E-state index >= 15 is 0 Å². The lowest BCUT2D eigenvalue weighted by atomic mass is 10.2. The Morgan fingerprint density at radius 3 is 2.48 bits per heavy atom. The van der Waals surface area contributed by atoms with Crippen molar-refractivity contribution < 1.29 is 0 Å². The number of aromatic amines is 1. The first-order chi connectivity index (χ1) is 15.1. The quantitative estimate of drug-likeness (QED) is 0.407. The molecular formula is C23H18N4O2S2. The molecule has 0 saturated carbocycles. The topological polar surface area (TPSA) is 79.8 Å². The Morgan fingerprint density at radius 2 is 1.74 bits per heavy atom. The van der Waals surface area contributed by atoms with Crippen molar-refractivity contribution in [2.24, 2.45) is 0 Å². The van der Waals surface area contributed by atoms with Crippen LogP contribution in [0.5, 0.6) is 0 Å². The highest BCUT2D eigenvalue weighted by molar-refractivity contribution is 7.22. The largest absolute Gasteiger partial charge is 0.357 e. The first-order valence-electron chi connectivity index (χ1n) is 9.69. The van der Waals surface area contributed by atoms with Gasteiger partial charge in [-0.05, 0) is 30.2 Å². The van der Waals surface area contributed by atoms with Gasteiger partial charge in [-0.3, -0.25) is 9.78 Å². The van der Waals surface area contributed by atoms with Crippen LogP contribution >= 0.6 is 22.7 Å². The molecule has 31 heavy (non-hydrogen) atoms. The number of nitrogens with zero attached hydrogens (tertiary/aromatic N) is 2. The van der Waals surface area contributed by atoms with Gasteiger partial charge in [0.1, 0.15) is 4.83 Å². The lowest BCUT2D eigenvalue weighted by Gasteiger charge is -2.04. The Morgan fingerprint density at radius 1 is 1.03 bits per heavy atom. The molecule has 0 aliphatic rings. The number of benzene rings is 2. The zero-order valence-corrected chi connectivity index (χ0v) is 18.2. The van der Waals surface area contributed by atoms with Gasteiger partial charge in [-0.2, -0.15) is 0 Å². The molecule has 0 radical (unpaired) electrons. The van der Waals surface area contributed by atoms with Crippen molar-refractivity contribution in [3.05, 3.63) is 98.0 Å². The minimum atomic E-state index is -0.444. The van der Waals surface area contributed by atoms with Crippen molar-refractivity contribution >= 4 is 38.0 Å². The maximum Gasteiger partial charge on any atom is 0.334 e. The van der Waals surface area contributed by atoms with Gasteiger partial charge in [0, 0.05) is 11.9 Å². The van der Waals surface area contributed by atoms with Crippen LogP contribution in [-0.2, 0) is 6.54 Å². The van der Waals surface area contributed by atoms with E-state index in [2.05, 4.69) is 22.4 Å². The average Bonchev–Trinajstić information content (AvgIpc) is 3.38. The van der Waals surface area contributed by atoms with E-state index in [0.29, 0.717) is 22.4 Å². The highest BCUT2D eigenvalue weighted by atomic mass is 32.1. The Balaban J connectivity index is 1.53. The third-order valence-corrected chi connectivity index (χ3v) is 7.05. The summed E-state index contributed by atoms with van der Waals surface area (Å²) in [6.45, 7) is 2.59. The number of hydrogen-bond acceptors (Lipinski definition) is 6. The van der Waals surface area contributed by atoms with Crippen LogP contribution in [0.2, 0.25) is 0 Å². The molecule has 0 saturated heterocycles. The number of rotatable bonds is 5. The van der Waals surface area contributed by atoms with Crippen LogP contribution in [0.4, 0.5) is 5.13 Å². The maximum absolute atomic E-state index is 13.2. The third kappa shape index (κ3) is 3.60. The number of aryl methyl sites for hydroxylation is 1. The van der Waals surface area contributed by atoms with Gasteiger partial charge in [-0.1, -0.05) is 48.5 Å². The maximum atomic E-state index is 13.2. The Labute approximate surface area is 185 Å². The van der Waals surface area contributed by atoms with E-state index in [9.17, 15) is 9.59 Å². The monoisotopic (exact) mass is 446 g/mol. The average molecular weight is 447 g/mol. The second-order valence-corrected chi connectivity index (χ2v) is 8.92. The fourth-order valence-electron chi connectivity index (χ4n) is 3.50. The smallest absolute Gasteiger partial charge is 0.334 e. The van der Waals surface area contributed by atoms with Crippen LogP contribution in [0, 0.1) is 6.92 Å². The first-order valence-corrected chi connectivity index (χ1v) is 11.4. The number of aromatic nitrogens is 3. The van der Waals surface area contributed by atoms with Crippen LogP contribution in [0.1, 0.15) is 11.1 Å². The molecule has 3 heterocycles. The lowest BCUT2D eigenvalue weighted by molar-refractivity contribution is 0.903. The third-order valence-electron chi connectivity index (χ3n) is 5.03. The fourth-order valence-corrected chi connectivity index (χ4v) is 5.43. The zero-order valence-electron chi connectivity index (χ0n) is 16.6. The number of thiazole rings is 1. The highest BCUT2D eigenvalue weighted by Crippen LogP contribution is 2.36. The van der Waals surface area contributed by atoms with Crippen molar-refractivity contribution in [2.45, 2.75) is 13.5 Å². The van der Waals surface area contributed by atoms with E-state index in [1.165, 1.54) is 32.8 Å². The van der Waals surface area contributed by atoms with E-state index in [1.54, 1.807) is 24.3 Å². The molecule has 154 valence electrons. The molecule has 0 amide bonds. The van der Waals surface area contributed by atoms with Gasteiger partial charge < -0.3 is 5.32 Å². The summed E-state index contributed by atoms with van der Waals surface area (Å²) in [5.41, 5.74) is 2.58. The van der Waals surface area contributed by atoms with Gasteiger partial charge in [0.2, 0.25) is 0 Å². The van der Waals surface area contributed by atoms with Crippen molar-refractivity contribution in [1.82, 2.24) is 14.5 Å². The Bertz CT molecular complexity index is 1480. The minimum Gasteiger partial charge on any atom is -0.357 e. The molecule has 0 aliphatic heterocycles. The molecular weight excluding hydrogens is 428 g/mol. The predicted molar refractivity (Wildman–Crippen MR) is 128 cm³/mol. The lowest BCUT2D eigenvalue weighted by Crippen LogP contribution is -2.33. The van der Waals surface area contributed by atoms with E-state index in [4.69, 9.17) is 4.98 Å². The van der Waals surface area contributed by atoms with E-state index < -0.39 is 5.69 Å². The van der Waals surface area contributed by atoms with Gasteiger partial charge >= 0.3 is 5.69 Å². The van der Waals surface area contributed by atoms with Crippen molar-refractivity contribution in [2.75, 3.05) is 5.32 Å².